The largest absolute Gasteiger partial charge is 0.316 e. The van der Waals surface area contributed by atoms with Gasteiger partial charge in [-0.15, -0.1) is 0 Å². The van der Waals surface area contributed by atoms with Crippen LogP contribution < -0.4 is 5.32 Å². The summed E-state index contributed by atoms with van der Waals surface area (Å²) in [7, 11) is 1.99. The predicted octanol–water partition coefficient (Wildman–Crippen LogP) is 2.23. The zero-order valence-electron chi connectivity index (χ0n) is 10.2. The van der Waals surface area contributed by atoms with Crippen molar-refractivity contribution in [3.63, 3.8) is 0 Å². The molecule has 1 fully saturated rings. The highest BCUT2D eigenvalue weighted by Gasteiger charge is 2.32. The van der Waals surface area contributed by atoms with E-state index in [2.05, 4.69) is 35.9 Å². The quantitative estimate of drug-likeness (QED) is 0.823. The van der Waals surface area contributed by atoms with Crippen LogP contribution in [0.15, 0.2) is 6.20 Å². The highest BCUT2D eigenvalue weighted by Crippen LogP contribution is 2.43. The first kappa shape index (κ1) is 10.7. The Morgan fingerprint density at radius 1 is 1.47 bits per heavy atom. The van der Waals surface area contributed by atoms with Gasteiger partial charge in [0.05, 0.1) is 11.7 Å². The summed E-state index contributed by atoms with van der Waals surface area (Å²) in [6.45, 7) is 7.58. The molecule has 1 N–H and O–H groups in total. The van der Waals surface area contributed by atoms with Crippen molar-refractivity contribution in [2.45, 2.75) is 51.6 Å². The van der Waals surface area contributed by atoms with Gasteiger partial charge in [0.1, 0.15) is 0 Å². The summed E-state index contributed by atoms with van der Waals surface area (Å²) >= 11 is 0. The molecule has 0 saturated heterocycles. The Bertz CT molecular complexity index is 342. The topological polar surface area (TPSA) is 29.9 Å². The molecule has 0 atom stereocenters. The lowest BCUT2D eigenvalue weighted by atomic mass is 10.1. The molecule has 1 aromatic heterocycles. The van der Waals surface area contributed by atoms with Crippen molar-refractivity contribution in [2.24, 2.45) is 0 Å². The Kier molecular flexibility index (Phi) is 2.59. The molecular formula is C12H21N3. The van der Waals surface area contributed by atoms with E-state index < -0.39 is 0 Å². The molecule has 1 aliphatic rings. The zero-order chi connectivity index (χ0) is 11.1. The molecule has 84 valence electrons. The average molecular weight is 207 g/mol. The number of hydrogen-bond acceptors (Lipinski definition) is 2. The summed E-state index contributed by atoms with van der Waals surface area (Å²) in [5.41, 5.74) is 2.93. The number of hydrogen-bond donors (Lipinski definition) is 1. The van der Waals surface area contributed by atoms with E-state index in [4.69, 9.17) is 0 Å². The summed E-state index contributed by atoms with van der Waals surface area (Å²) in [4.78, 5) is 0. The van der Waals surface area contributed by atoms with Crippen molar-refractivity contribution in [3.05, 3.63) is 17.5 Å². The number of aromatic nitrogens is 2. The third-order valence-electron chi connectivity index (χ3n) is 2.85. The van der Waals surface area contributed by atoms with Crippen molar-refractivity contribution < 1.29 is 0 Å². The lowest BCUT2D eigenvalue weighted by Crippen LogP contribution is -2.25. The van der Waals surface area contributed by atoms with Crippen molar-refractivity contribution >= 4 is 0 Å². The van der Waals surface area contributed by atoms with Crippen molar-refractivity contribution in [2.75, 3.05) is 7.05 Å². The first-order valence-corrected chi connectivity index (χ1v) is 5.76. The maximum absolute atomic E-state index is 4.54. The Labute approximate surface area is 91.9 Å². The normalized spacial score (nSPS) is 17.1. The number of rotatable bonds is 3. The summed E-state index contributed by atoms with van der Waals surface area (Å²) in [6, 6.07) is 0. The molecule has 1 aromatic rings. The van der Waals surface area contributed by atoms with Crippen LogP contribution in [0.1, 0.15) is 50.8 Å². The smallest absolute Gasteiger partial charge is 0.0546 e. The molecule has 1 aliphatic carbocycles. The average Bonchev–Trinajstić information content (AvgIpc) is 2.87. The summed E-state index contributed by atoms with van der Waals surface area (Å²) < 4.78 is 2.21. The molecule has 0 unspecified atom stereocenters. The van der Waals surface area contributed by atoms with Gasteiger partial charge < -0.3 is 5.32 Å². The maximum Gasteiger partial charge on any atom is 0.0546 e. The molecule has 0 aliphatic heterocycles. The fraction of sp³-hybridized carbons (Fsp3) is 0.750. The second-order valence-corrected chi connectivity index (χ2v) is 5.44. The molecule has 0 amide bonds. The van der Waals surface area contributed by atoms with Gasteiger partial charge in [0.15, 0.2) is 0 Å². The SMILES string of the molecule is CNCc1cnn(C(C)(C)C)c1C1CC1. The van der Waals surface area contributed by atoms with Crippen LogP contribution in [0.3, 0.4) is 0 Å². The van der Waals surface area contributed by atoms with E-state index in [-0.39, 0.29) is 5.54 Å². The Morgan fingerprint density at radius 3 is 2.60 bits per heavy atom. The Morgan fingerprint density at radius 2 is 2.13 bits per heavy atom. The van der Waals surface area contributed by atoms with Crippen LogP contribution in [0, 0.1) is 0 Å². The van der Waals surface area contributed by atoms with E-state index in [0.717, 1.165) is 12.5 Å². The van der Waals surface area contributed by atoms with Crippen LogP contribution in [0.5, 0.6) is 0 Å². The molecule has 0 radical (unpaired) electrons. The monoisotopic (exact) mass is 207 g/mol. The predicted molar refractivity (Wildman–Crippen MR) is 62.0 cm³/mol. The molecule has 2 rings (SSSR count). The minimum atomic E-state index is 0.101. The van der Waals surface area contributed by atoms with E-state index in [1.165, 1.54) is 24.1 Å². The van der Waals surface area contributed by atoms with Gasteiger partial charge >= 0.3 is 0 Å². The molecule has 15 heavy (non-hydrogen) atoms. The molecule has 3 nitrogen and oxygen atoms in total. The lowest BCUT2D eigenvalue weighted by molar-refractivity contribution is 0.343. The first-order valence-electron chi connectivity index (χ1n) is 5.76. The molecule has 0 bridgehead atoms. The third kappa shape index (κ3) is 2.07. The Balaban J connectivity index is 2.38. The van der Waals surface area contributed by atoms with Crippen LogP contribution in [-0.4, -0.2) is 16.8 Å². The van der Waals surface area contributed by atoms with Crippen LogP contribution in [0.4, 0.5) is 0 Å². The molecule has 0 spiro atoms. The standard InChI is InChI=1S/C12H21N3/c1-12(2,3)15-11(9-5-6-9)10(7-13-4)8-14-15/h8-9,13H,5-7H2,1-4H3. The van der Waals surface area contributed by atoms with Crippen LogP contribution in [0.25, 0.3) is 0 Å². The fourth-order valence-electron chi connectivity index (χ4n) is 2.04. The molecule has 1 heterocycles. The minimum absolute atomic E-state index is 0.101. The fourth-order valence-corrected chi connectivity index (χ4v) is 2.04. The van der Waals surface area contributed by atoms with Gasteiger partial charge in [0.25, 0.3) is 0 Å². The Hall–Kier alpha value is -0.830. The van der Waals surface area contributed by atoms with Gasteiger partial charge in [0.2, 0.25) is 0 Å². The van der Waals surface area contributed by atoms with Crippen molar-refractivity contribution in [3.8, 4) is 0 Å². The van der Waals surface area contributed by atoms with Crippen LogP contribution >= 0.6 is 0 Å². The molecule has 3 heteroatoms. The van der Waals surface area contributed by atoms with Gasteiger partial charge in [-0.25, -0.2) is 0 Å². The van der Waals surface area contributed by atoms with Crippen LogP contribution in [-0.2, 0) is 12.1 Å². The number of nitrogens with zero attached hydrogens (tertiary/aromatic N) is 2. The lowest BCUT2D eigenvalue weighted by Gasteiger charge is -2.23. The minimum Gasteiger partial charge on any atom is -0.316 e. The molecule has 0 aromatic carbocycles. The zero-order valence-corrected chi connectivity index (χ0v) is 10.2. The highest BCUT2D eigenvalue weighted by molar-refractivity contribution is 5.26. The van der Waals surface area contributed by atoms with Gasteiger partial charge in [-0.05, 0) is 40.7 Å². The van der Waals surface area contributed by atoms with Gasteiger partial charge in [0, 0.05) is 23.7 Å². The van der Waals surface area contributed by atoms with E-state index in [0.29, 0.717) is 0 Å². The third-order valence-corrected chi connectivity index (χ3v) is 2.85. The summed E-state index contributed by atoms with van der Waals surface area (Å²) in [6.07, 6.45) is 4.69. The highest BCUT2D eigenvalue weighted by atomic mass is 15.3. The molecule has 1 saturated carbocycles. The van der Waals surface area contributed by atoms with E-state index in [9.17, 15) is 0 Å². The van der Waals surface area contributed by atoms with Gasteiger partial charge in [-0.1, -0.05) is 0 Å². The number of nitrogens with one attached hydrogen (secondary N) is 1. The second-order valence-electron chi connectivity index (χ2n) is 5.44. The van der Waals surface area contributed by atoms with Gasteiger partial charge in [-0.2, -0.15) is 5.10 Å². The summed E-state index contributed by atoms with van der Waals surface area (Å²) in [5.74, 6) is 0.759. The molecular weight excluding hydrogens is 186 g/mol. The maximum atomic E-state index is 4.54. The van der Waals surface area contributed by atoms with E-state index in [1.54, 1.807) is 0 Å². The van der Waals surface area contributed by atoms with Crippen molar-refractivity contribution in [1.29, 1.82) is 0 Å². The van der Waals surface area contributed by atoms with Crippen LogP contribution in [0.2, 0.25) is 0 Å². The first-order chi connectivity index (χ1) is 7.04. The summed E-state index contributed by atoms with van der Waals surface area (Å²) in [5, 5.41) is 7.76. The second kappa shape index (κ2) is 3.63. The van der Waals surface area contributed by atoms with E-state index >= 15 is 0 Å². The van der Waals surface area contributed by atoms with Crippen molar-refractivity contribution in [1.82, 2.24) is 15.1 Å². The van der Waals surface area contributed by atoms with Gasteiger partial charge in [-0.3, -0.25) is 4.68 Å². The van der Waals surface area contributed by atoms with E-state index in [1.807, 2.05) is 13.2 Å².